The van der Waals surface area contributed by atoms with Gasteiger partial charge in [-0.3, -0.25) is 0 Å². The average molecular weight is 310 g/mol. The fourth-order valence-corrected chi connectivity index (χ4v) is 2.76. The lowest BCUT2D eigenvalue weighted by molar-refractivity contribution is 0.219. The summed E-state index contributed by atoms with van der Waals surface area (Å²) in [4.78, 5) is 0. The van der Waals surface area contributed by atoms with E-state index in [1.54, 1.807) is 0 Å². The minimum atomic E-state index is 0.271. The van der Waals surface area contributed by atoms with Crippen molar-refractivity contribution in [3.63, 3.8) is 0 Å². The zero-order valence-corrected chi connectivity index (χ0v) is 12.6. The van der Waals surface area contributed by atoms with Crippen LogP contribution >= 0.6 is 15.9 Å². The number of rotatable bonds is 4. The van der Waals surface area contributed by atoms with E-state index in [4.69, 9.17) is 4.74 Å². The lowest BCUT2D eigenvalue weighted by Crippen LogP contribution is -2.25. The Labute approximate surface area is 118 Å². The first kappa shape index (κ1) is 13.6. The molecule has 0 fully saturated rings. The van der Waals surface area contributed by atoms with Crippen molar-refractivity contribution in [2.75, 3.05) is 13.2 Å². The molecule has 1 aliphatic heterocycles. The molecular weight excluding hydrogens is 290 g/mol. The summed E-state index contributed by atoms with van der Waals surface area (Å²) in [7, 11) is 0. The van der Waals surface area contributed by atoms with Crippen molar-refractivity contribution < 1.29 is 4.74 Å². The van der Waals surface area contributed by atoms with Gasteiger partial charge >= 0.3 is 0 Å². The van der Waals surface area contributed by atoms with Crippen LogP contribution in [0.15, 0.2) is 34.5 Å². The van der Waals surface area contributed by atoms with Crippen LogP contribution in [0, 0.1) is 6.92 Å². The third-order valence-electron chi connectivity index (χ3n) is 3.36. The average Bonchev–Trinajstić information content (AvgIpc) is 2.41. The molecule has 0 bridgehead atoms. The molecule has 0 saturated heterocycles. The summed E-state index contributed by atoms with van der Waals surface area (Å²) in [5.74, 6) is 0. The van der Waals surface area contributed by atoms with Crippen LogP contribution in [0.25, 0.3) is 0 Å². The van der Waals surface area contributed by atoms with Gasteiger partial charge in [0.15, 0.2) is 0 Å². The first-order valence-electron chi connectivity index (χ1n) is 6.53. The topological polar surface area (TPSA) is 21.3 Å². The normalized spacial score (nSPS) is 16.9. The monoisotopic (exact) mass is 309 g/mol. The number of nitrogens with one attached hydrogen (secondary N) is 1. The molecule has 0 amide bonds. The fourth-order valence-electron chi connectivity index (χ4n) is 2.38. The summed E-state index contributed by atoms with van der Waals surface area (Å²) >= 11 is 3.61. The van der Waals surface area contributed by atoms with Crippen molar-refractivity contribution in [3.05, 3.63) is 45.6 Å². The van der Waals surface area contributed by atoms with Crippen LogP contribution in [0.2, 0.25) is 0 Å². The zero-order valence-electron chi connectivity index (χ0n) is 11.0. The molecule has 1 aliphatic rings. The molecule has 18 heavy (non-hydrogen) atoms. The Morgan fingerprint density at radius 1 is 1.44 bits per heavy atom. The Bertz CT molecular complexity index is 442. The SMILES string of the molecule is CCNC(C1=COCCC1)c1cccc(Br)c1C. The van der Waals surface area contributed by atoms with Crippen LogP contribution in [-0.2, 0) is 4.74 Å². The summed E-state index contributed by atoms with van der Waals surface area (Å²) in [6.45, 7) is 6.10. The van der Waals surface area contributed by atoms with Crippen molar-refractivity contribution in [2.24, 2.45) is 0 Å². The van der Waals surface area contributed by atoms with Crippen LogP contribution < -0.4 is 5.32 Å². The van der Waals surface area contributed by atoms with Gasteiger partial charge in [0, 0.05) is 4.47 Å². The molecule has 0 aromatic heterocycles. The van der Waals surface area contributed by atoms with Gasteiger partial charge in [-0.05, 0) is 49.1 Å². The molecular formula is C15H20BrNO. The van der Waals surface area contributed by atoms with Gasteiger partial charge in [0.25, 0.3) is 0 Å². The standard InChI is InChI=1S/C15H20BrNO/c1-3-17-15(12-6-5-9-18-10-12)13-7-4-8-14(16)11(13)2/h4,7-8,10,15,17H,3,5-6,9H2,1-2H3. The maximum absolute atomic E-state index is 5.49. The van der Waals surface area contributed by atoms with Gasteiger partial charge in [0.1, 0.15) is 0 Å². The number of ether oxygens (including phenoxy) is 1. The number of hydrogen-bond acceptors (Lipinski definition) is 2. The molecule has 1 N–H and O–H groups in total. The molecule has 0 saturated carbocycles. The molecule has 1 heterocycles. The summed E-state index contributed by atoms with van der Waals surface area (Å²) in [6, 6.07) is 6.66. The van der Waals surface area contributed by atoms with Crippen LogP contribution in [0.3, 0.4) is 0 Å². The summed E-state index contributed by atoms with van der Waals surface area (Å²) < 4.78 is 6.65. The first-order chi connectivity index (χ1) is 8.74. The van der Waals surface area contributed by atoms with E-state index in [-0.39, 0.29) is 6.04 Å². The third kappa shape index (κ3) is 2.96. The van der Waals surface area contributed by atoms with Gasteiger partial charge in [0.05, 0.1) is 18.9 Å². The summed E-state index contributed by atoms with van der Waals surface area (Å²) in [5, 5.41) is 3.57. The Kier molecular flexibility index (Phi) is 4.84. The van der Waals surface area contributed by atoms with Crippen LogP contribution in [-0.4, -0.2) is 13.2 Å². The quantitative estimate of drug-likeness (QED) is 0.904. The van der Waals surface area contributed by atoms with Gasteiger partial charge in [-0.15, -0.1) is 0 Å². The third-order valence-corrected chi connectivity index (χ3v) is 4.22. The molecule has 2 rings (SSSR count). The Morgan fingerprint density at radius 3 is 2.94 bits per heavy atom. The molecule has 3 heteroatoms. The van der Waals surface area contributed by atoms with E-state index in [0.29, 0.717) is 0 Å². The van der Waals surface area contributed by atoms with Crippen molar-refractivity contribution in [1.82, 2.24) is 5.32 Å². The van der Waals surface area contributed by atoms with E-state index in [0.717, 1.165) is 26.0 Å². The fraction of sp³-hybridized carbons (Fsp3) is 0.467. The van der Waals surface area contributed by atoms with Gasteiger partial charge in [-0.2, -0.15) is 0 Å². The predicted octanol–water partition coefficient (Wildman–Crippen LogP) is 4.10. The number of halogens is 1. The van der Waals surface area contributed by atoms with Crippen molar-refractivity contribution in [2.45, 2.75) is 32.7 Å². The van der Waals surface area contributed by atoms with Crippen LogP contribution in [0.4, 0.5) is 0 Å². The van der Waals surface area contributed by atoms with E-state index in [1.165, 1.54) is 21.2 Å². The summed E-state index contributed by atoms with van der Waals surface area (Å²) in [6.07, 6.45) is 4.17. The molecule has 1 aromatic rings. The van der Waals surface area contributed by atoms with Crippen molar-refractivity contribution in [3.8, 4) is 0 Å². The predicted molar refractivity (Wildman–Crippen MR) is 78.6 cm³/mol. The van der Waals surface area contributed by atoms with Gasteiger partial charge < -0.3 is 10.1 Å². The maximum Gasteiger partial charge on any atom is 0.0876 e. The highest BCUT2D eigenvalue weighted by Gasteiger charge is 2.20. The molecule has 0 spiro atoms. The van der Waals surface area contributed by atoms with Gasteiger partial charge in [-0.1, -0.05) is 35.0 Å². The smallest absolute Gasteiger partial charge is 0.0876 e. The number of benzene rings is 1. The van der Waals surface area contributed by atoms with Crippen molar-refractivity contribution in [1.29, 1.82) is 0 Å². The molecule has 0 aliphatic carbocycles. The minimum Gasteiger partial charge on any atom is -0.501 e. The van der Waals surface area contributed by atoms with E-state index in [9.17, 15) is 0 Å². The molecule has 1 unspecified atom stereocenters. The second-order valence-corrected chi connectivity index (χ2v) is 5.47. The van der Waals surface area contributed by atoms with Crippen molar-refractivity contribution >= 4 is 15.9 Å². The molecule has 98 valence electrons. The highest BCUT2D eigenvalue weighted by Crippen LogP contribution is 2.32. The number of hydrogen-bond donors (Lipinski definition) is 1. The molecule has 2 nitrogen and oxygen atoms in total. The van der Waals surface area contributed by atoms with E-state index >= 15 is 0 Å². The van der Waals surface area contributed by atoms with Gasteiger partial charge in [-0.25, -0.2) is 0 Å². The Morgan fingerprint density at radius 2 is 2.28 bits per heavy atom. The lowest BCUT2D eigenvalue weighted by Gasteiger charge is -2.26. The lowest BCUT2D eigenvalue weighted by atomic mass is 9.92. The maximum atomic E-state index is 5.49. The zero-order chi connectivity index (χ0) is 13.0. The van der Waals surface area contributed by atoms with E-state index in [1.807, 2.05) is 6.26 Å². The highest BCUT2D eigenvalue weighted by atomic mass is 79.9. The van der Waals surface area contributed by atoms with E-state index < -0.39 is 0 Å². The second kappa shape index (κ2) is 6.39. The molecule has 1 atom stereocenters. The second-order valence-electron chi connectivity index (χ2n) is 4.61. The highest BCUT2D eigenvalue weighted by molar-refractivity contribution is 9.10. The Balaban J connectivity index is 2.34. The van der Waals surface area contributed by atoms with E-state index in [2.05, 4.69) is 53.3 Å². The number of likely N-dealkylation sites (N-methyl/N-ethyl adjacent to an activating group) is 1. The van der Waals surface area contributed by atoms with Crippen LogP contribution in [0.5, 0.6) is 0 Å². The minimum absolute atomic E-state index is 0.271. The summed E-state index contributed by atoms with van der Waals surface area (Å²) in [5.41, 5.74) is 3.99. The molecule has 0 radical (unpaired) electrons. The Hall–Kier alpha value is -0.800. The van der Waals surface area contributed by atoms with Gasteiger partial charge in [0.2, 0.25) is 0 Å². The first-order valence-corrected chi connectivity index (χ1v) is 7.32. The molecule has 1 aromatic carbocycles. The van der Waals surface area contributed by atoms with Crippen LogP contribution in [0.1, 0.15) is 36.9 Å². The largest absolute Gasteiger partial charge is 0.501 e.